The number of carbonyl (C=O) groups excluding carboxylic acids is 1. The maximum absolute atomic E-state index is 11.3. The van der Waals surface area contributed by atoms with Crippen molar-refractivity contribution in [1.29, 1.82) is 0 Å². The number of aromatic nitrogens is 2. The Labute approximate surface area is 95.1 Å². The zero-order valence-electron chi connectivity index (χ0n) is 9.87. The second-order valence-electron chi connectivity index (χ2n) is 4.29. The molecule has 0 N–H and O–H groups in total. The molecule has 0 unspecified atom stereocenters. The Morgan fingerprint density at radius 2 is 2.00 bits per heavy atom. The number of carbonyl (C=O) groups is 1. The van der Waals surface area contributed by atoms with Crippen LogP contribution < -0.4 is 0 Å². The molecule has 0 aliphatic heterocycles. The molecule has 0 spiro atoms. The number of nitrogens with zero attached hydrogens (tertiary/aromatic N) is 2. The molecule has 0 saturated heterocycles. The third-order valence-corrected chi connectivity index (χ3v) is 1.47. The molecule has 1 heterocycles. The lowest BCUT2D eigenvalue weighted by atomic mass is 10.2. The van der Waals surface area contributed by atoms with Gasteiger partial charge in [-0.25, -0.2) is 9.78 Å². The Balaban J connectivity index is 2.68. The van der Waals surface area contributed by atoms with Crippen molar-refractivity contribution in [3.05, 3.63) is 23.8 Å². The van der Waals surface area contributed by atoms with Crippen molar-refractivity contribution < 1.29 is 9.53 Å². The van der Waals surface area contributed by atoms with E-state index in [0.29, 0.717) is 5.69 Å². The zero-order chi connectivity index (χ0) is 12.2. The molecular weight excluding hydrogens is 204 g/mol. The minimum atomic E-state index is -0.560. The maximum atomic E-state index is 11.3. The van der Waals surface area contributed by atoms with Crippen molar-refractivity contribution in [2.75, 3.05) is 0 Å². The molecule has 0 amide bonds. The molecule has 0 bridgehead atoms. The predicted octanol–water partition coefficient (Wildman–Crippen LogP) is 1.48. The molecule has 16 heavy (non-hydrogen) atoms. The Morgan fingerprint density at radius 3 is 2.50 bits per heavy atom. The molecule has 4 heteroatoms. The Bertz CT molecular complexity index is 433. The summed E-state index contributed by atoms with van der Waals surface area (Å²) >= 11 is 0. The summed E-state index contributed by atoms with van der Waals surface area (Å²) in [5.74, 6) is 4.40. The molecule has 0 saturated carbocycles. The SMILES string of the molecule is Cc1cnc(C#CC(=O)OC(C)(C)C)cn1. The molecule has 0 aliphatic carbocycles. The van der Waals surface area contributed by atoms with Gasteiger partial charge in [0.05, 0.1) is 11.9 Å². The monoisotopic (exact) mass is 218 g/mol. The van der Waals surface area contributed by atoms with Gasteiger partial charge in [-0.1, -0.05) is 0 Å². The average molecular weight is 218 g/mol. The van der Waals surface area contributed by atoms with Crippen molar-refractivity contribution in [3.8, 4) is 11.8 Å². The first-order valence-corrected chi connectivity index (χ1v) is 4.90. The van der Waals surface area contributed by atoms with E-state index >= 15 is 0 Å². The van der Waals surface area contributed by atoms with Crippen LogP contribution in [0.3, 0.4) is 0 Å². The standard InChI is InChI=1S/C12H14N2O2/c1-9-7-14-10(8-13-9)5-6-11(15)16-12(2,3)4/h7-8H,1-4H3. The highest BCUT2D eigenvalue weighted by Crippen LogP contribution is 2.06. The van der Waals surface area contributed by atoms with E-state index in [4.69, 9.17) is 4.74 Å². The van der Waals surface area contributed by atoms with Gasteiger partial charge in [-0.3, -0.25) is 4.98 Å². The third-order valence-electron chi connectivity index (χ3n) is 1.47. The van der Waals surface area contributed by atoms with Gasteiger partial charge in [-0.2, -0.15) is 0 Å². The minimum Gasteiger partial charge on any atom is -0.450 e. The normalized spacial score (nSPS) is 10.2. The van der Waals surface area contributed by atoms with Gasteiger partial charge in [-0.05, 0) is 33.6 Å². The quantitative estimate of drug-likeness (QED) is 0.489. The molecule has 0 aliphatic rings. The summed E-state index contributed by atoms with van der Waals surface area (Å²) < 4.78 is 5.02. The van der Waals surface area contributed by atoms with E-state index in [9.17, 15) is 4.79 Å². The first-order valence-electron chi connectivity index (χ1n) is 4.90. The van der Waals surface area contributed by atoms with Gasteiger partial charge in [0.25, 0.3) is 0 Å². The van der Waals surface area contributed by atoms with Crippen LogP contribution in [0.25, 0.3) is 0 Å². The maximum Gasteiger partial charge on any atom is 0.385 e. The van der Waals surface area contributed by atoms with E-state index in [0.717, 1.165) is 5.69 Å². The number of hydrogen-bond acceptors (Lipinski definition) is 4. The lowest BCUT2D eigenvalue weighted by molar-refractivity contribution is -0.147. The fourth-order valence-corrected chi connectivity index (χ4v) is 0.876. The van der Waals surface area contributed by atoms with Gasteiger partial charge < -0.3 is 4.74 Å². The minimum absolute atomic E-state index is 0.455. The second-order valence-corrected chi connectivity index (χ2v) is 4.29. The summed E-state index contributed by atoms with van der Waals surface area (Å²) in [5, 5.41) is 0. The van der Waals surface area contributed by atoms with E-state index in [1.54, 1.807) is 27.0 Å². The summed E-state index contributed by atoms with van der Waals surface area (Å²) in [6, 6.07) is 0. The van der Waals surface area contributed by atoms with Crippen molar-refractivity contribution in [2.45, 2.75) is 33.3 Å². The Morgan fingerprint density at radius 1 is 1.31 bits per heavy atom. The summed E-state index contributed by atoms with van der Waals surface area (Å²) in [6.45, 7) is 7.20. The second kappa shape index (κ2) is 4.75. The van der Waals surface area contributed by atoms with Gasteiger partial charge in [-0.15, -0.1) is 0 Å². The van der Waals surface area contributed by atoms with Crippen LogP contribution in [0.2, 0.25) is 0 Å². The third kappa shape index (κ3) is 4.56. The van der Waals surface area contributed by atoms with Crippen LogP contribution in [0.15, 0.2) is 12.4 Å². The van der Waals surface area contributed by atoms with Crippen molar-refractivity contribution >= 4 is 5.97 Å². The smallest absolute Gasteiger partial charge is 0.385 e. The fourth-order valence-electron chi connectivity index (χ4n) is 0.876. The topological polar surface area (TPSA) is 52.1 Å². The number of ether oxygens (including phenoxy) is 1. The molecule has 1 aromatic heterocycles. The Hall–Kier alpha value is -1.89. The predicted molar refractivity (Wildman–Crippen MR) is 59.5 cm³/mol. The lowest BCUT2D eigenvalue weighted by Crippen LogP contribution is -2.22. The van der Waals surface area contributed by atoms with E-state index in [-0.39, 0.29) is 0 Å². The average Bonchev–Trinajstić information content (AvgIpc) is 2.14. The molecule has 0 atom stereocenters. The molecule has 0 radical (unpaired) electrons. The van der Waals surface area contributed by atoms with Gasteiger partial charge >= 0.3 is 5.97 Å². The first-order chi connectivity index (χ1) is 7.37. The van der Waals surface area contributed by atoms with Crippen LogP contribution in [0.4, 0.5) is 0 Å². The highest BCUT2D eigenvalue weighted by atomic mass is 16.6. The number of aryl methyl sites for hydroxylation is 1. The molecule has 4 nitrogen and oxygen atoms in total. The van der Waals surface area contributed by atoms with Crippen LogP contribution >= 0.6 is 0 Å². The van der Waals surface area contributed by atoms with Crippen LogP contribution in [0.1, 0.15) is 32.2 Å². The van der Waals surface area contributed by atoms with E-state index in [1.165, 1.54) is 6.20 Å². The fraction of sp³-hybridized carbons (Fsp3) is 0.417. The van der Waals surface area contributed by atoms with Gasteiger partial charge in [0.2, 0.25) is 0 Å². The van der Waals surface area contributed by atoms with Gasteiger partial charge in [0.1, 0.15) is 11.3 Å². The molecular formula is C12H14N2O2. The van der Waals surface area contributed by atoms with Gasteiger partial charge in [0, 0.05) is 12.1 Å². The van der Waals surface area contributed by atoms with Crippen LogP contribution in [0, 0.1) is 18.8 Å². The van der Waals surface area contributed by atoms with E-state index < -0.39 is 11.6 Å². The lowest BCUT2D eigenvalue weighted by Gasteiger charge is -2.16. The summed E-state index contributed by atoms with van der Waals surface area (Å²) in [5.41, 5.74) is 0.740. The summed E-state index contributed by atoms with van der Waals surface area (Å²) in [7, 11) is 0. The molecule has 84 valence electrons. The number of esters is 1. The Kier molecular flexibility index (Phi) is 3.62. The van der Waals surface area contributed by atoms with Crippen molar-refractivity contribution in [2.24, 2.45) is 0 Å². The van der Waals surface area contributed by atoms with E-state index in [2.05, 4.69) is 21.8 Å². The molecule has 0 fully saturated rings. The van der Waals surface area contributed by atoms with Crippen LogP contribution in [-0.2, 0) is 9.53 Å². The molecule has 0 aromatic carbocycles. The molecule has 1 rings (SSSR count). The highest BCUT2D eigenvalue weighted by Gasteiger charge is 2.14. The summed E-state index contributed by atoms with van der Waals surface area (Å²) in [6.07, 6.45) is 3.12. The largest absolute Gasteiger partial charge is 0.450 e. The molecule has 1 aromatic rings. The van der Waals surface area contributed by atoms with Crippen molar-refractivity contribution in [3.63, 3.8) is 0 Å². The van der Waals surface area contributed by atoms with Gasteiger partial charge in [0.15, 0.2) is 0 Å². The first kappa shape index (κ1) is 12.2. The number of rotatable bonds is 0. The summed E-state index contributed by atoms with van der Waals surface area (Å²) in [4.78, 5) is 19.3. The number of hydrogen-bond donors (Lipinski definition) is 0. The van der Waals surface area contributed by atoms with Crippen LogP contribution in [0.5, 0.6) is 0 Å². The van der Waals surface area contributed by atoms with E-state index in [1.807, 2.05) is 6.92 Å². The zero-order valence-corrected chi connectivity index (χ0v) is 9.87. The van der Waals surface area contributed by atoms with Crippen molar-refractivity contribution in [1.82, 2.24) is 9.97 Å². The van der Waals surface area contributed by atoms with Crippen LogP contribution in [-0.4, -0.2) is 21.5 Å². The highest BCUT2D eigenvalue weighted by molar-refractivity contribution is 5.89.